The first-order valence-electron chi connectivity index (χ1n) is 10.6. The molecular formula is C24H22F3N3O2. The van der Waals surface area contributed by atoms with Crippen LogP contribution in [0, 0.1) is 6.92 Å². The van der Waals surface area contributed by atoms with Crippen LogP contribution < -0.4 is 0 Å². The number of fused-ring (bicyclic) bond motifs is 4. The van der Waals surface area contributed by atoms with Crippen molar-refractivity contribution in [1.29, 1.82) is 0 Å². The van der Waals surface area contributed by atoms with E-state index in [1.807, 2.05) is 25.1 Å². The highest BCUT2D eigenvalue weighted by Crippen LogP contribution is 2.34. The lowest BCUT2D eigenvalue weighted by Crippen LogP contribution is -2.27. The number of ketones is 1. The summed E-state index contributed by atoms with van der Waals surface area (Å²) in [6.07, 6.45) is -3.82. The average Bonchev–Trinajstić information content (AvgIpc) is 3.25. The number of benzene rings is 2. The molecule has 1 atom stereocenters. The molecule has 32 heavy (non-hydrogen) atoms. The topological polar surface area (TPSA) is 60.1 Å². The zero-order chi connectivity index (χ0) is 22.6. The molecule has 0 radical (unpaired) electrons. The van der Waals surface area contributed by atoms with Gasteiger partial charge in [0.05, 0.1) is 35.9 Å². The van der Waals surface area contributed by atoms with E-state index in [-0.39, 0.29) is 24.4 Å². The van der Waals surface area contributed by atoms with Crippen LogP contribution in [0.15, 0.2) is 42.5 Å². The van der Waals surface area contributed by atoms with Gasteiger partial charge in [0.15, 0.2) is 5.78 Å². The Labute approximate surface area is 182 Å². The maximum Gasteiger partial charge on any atom is 0.449 e. The molecule has 2 aromatic carbocycles. The van der Waals surface area contributed by atoms with Crippen molar-refractivity contribution in [2.45, 2.75) is 51.6 Å². The third-order valence-corrected chi connectivity index (χ3v) is 6.11. The number of hydrogen-bond donors (Lipinski definition) is 1. The molecule has 4 aromatic rings. The fraction of sp³-hybridized carbons (Fsp3) is 0.333. The molecular weight excluding hydrogens is 419 g/mol. The van der Waals surface area contributed by atoms with E-state index in [0.717, 1.165) is 39.4 Å². The first kappa shape index (κ1) is 20.8. The summed E-state index contributed by atoms with van der Waals surface area (Å²) in [7, 11) is 0. The van der Waals surface area contributed by atoms with Gasteiger partial charge in [-0.1, -0.05) is 23.8 Å². The number of Topliss-reactive ketones (excluding diaryl/α,β-unsaturated/α-hetero) is 1. The number of nitrogens with zero attached hydrogens (tertiary/aromatic N) is 3. The Bertz CT molecular complexity index is 1350. The van der Waals surface area contributed by atoms with Crippen LogP contribution in [-0.2, 0) is 25.7 Å². The van der Waals surface area contributed by atoms with E-state index < -0.39 is 18.1 Å². The van der Waals surface area contributed by atoms with Crippen molar-refractivity contribution in [2.75, 3.05) is 0 Å². The molecule has 1 aliphatic carbocycles. The molecule has 0 unspecified atom stereocenters. The number of aliphatic hydroxyl groups is 1. The van der Waals surface area contributed by atoms with Gasteiger partial charge in [0.2, 0.25) is 5.82 Å². The smallest absolute Gasteiger partial charge is 0.389 e. The SMILES string of the molecule is Cc1ccc2c(c1)c1c(n2C[C@@H](O)Cn2c(C(F)(F)F)nc3ccccc32)C(=O)CCC1. The molecule has 2 heterocycles. The molecule has 8 heteroatoms. The summed E-state index contributed by atoms with van der Waals surface area (Å²) in [5.74, 6) is -1.03. The molecule has 5 nitrogen and oxygen atoms in total. The first-order valence-corrected chi connectivity index (χ1v) is 10.6. The van der Waals surface area contributed by atoms with Gasteiger partial charge in [-0.15, -0.1) is 0 Å². The summed E-state index contributed by atoms with van der Waals surface area (Å²) in [4.78, 5) is 16.5. The van der Waals surface area contributed by atoms with Crippen molar-refractivity contribution < 1.29 is 23.1 Å². The number of carbonyl (C=O) groups is 1. The van der Waals surface area contributed by atoms with E-state index in [4.69, 9.17) is 0 Å². The van der Waals surface area contributed by atoms with Crippen molar-refractivity contribution in [2.24, 2.45) is 0 Å². The van der Waals surface area contributed by atoms with Crippen LogP contribution in [0.4, 0.5) is 13.2 Å². The fourth-order valence-electron chi connectivity index (χ4n) is 4.80. The zero-order valence-corrected chi connectivity index (χ0v) is 17.5. The van der Waals surface area contributed by atoms with Crippen molar-refractivity contribution in [1.82, 2.24) is 14.1 Å². The quantitative estimate of drug-likeness (QED) is 0.490. The lowest BCUT2D eigenvalue weighted by Gasteiger charge is -2.20. The van der Waals surface area contributed by atoms with Gasteiger partial charge < -0.3 is 14.2 Å². The Morgan fingerprint density at radius 1 is 1.06 bits per heavy atom. The van der Waals surface area contributed by atoms with E-state index in [1.54, 1.807) is 22.8 Å². The maximum absolute atomic E-state index is 13.6. The monoisotopic (exact) mass is 441 g/mol. The minimum atomic E-state index is -4.65. The average molecular weight is 441 g/mol. The second-order valence-corrected chi connectivity index (χ2v) is 8.42. The molecule has 1 N–H and O–H groups in total. The molecule has 0 bridgehead atoms. The van der Waals surface area contributed by atoms with Crippen LogP contribution in [0.1, 0.15) is 40.3 Å². The predicted octanol–water partition coefficient (Wildman–Crippen LogP) is 4.90. The molecule has 0 fully saturated rings. The van der Waals surface area contributed by atoms with Gasteiger partial charge in [0.1, 0.15) is 0 Å². The number of imidazole rings is 1. The molecule has 0 saturated heterocycles. The second kappa shape index (κ2) is 7.48. The van der Waals surface area contributed by atoms with Crippen molar-refractivity contribution in [3.05, 3.63) is 65.1 Å². The van der Waals surface area contributed by atoms with Crippen LogP contribution in [-0.4, -0.2) is 31.1 Å². The molecule has 0 aliphatic heterocycles. The second-order valence-electron chi connectivity index (χ2n) is 8.42. The summed E-state index contributed by atoms with van der Waals surface area (Å²) in [5.41, 5.74) is 3.96. The highest BCUT2D eigenvalue weighted by molar-refractivity contribution is 6.04. The summed E-state index contributed by atoms with van der Waals surface area (Å²) in [5, 5.41) is 11.9. The lowest BCUT2D eigenvalue weighted by molar-refractivity contribution is -0.147. The van der Waals surface area contributed by atoms with E-state index in [0.29, 0.717) is 17.6 Å². The van der Waals surface area contributed by atoms with E-state index in [2.05, 4.69) is 4.98 Å². The molecule has 2 aromatic heterocycles. The molecule has 166 valence electrons. The van der Waals surface area contributed by atoms with E-state index >= 15 is 0 Å². The third kappa shape index (κ3) is 3.39. The Balaban J connectivity index is 1.56. The van der Waals surface area contributed by atoms with Crippen LogP contribution >= 0.6 is 0 Å². The third-order valence-electron chi connectivity index (χ3n) is 6.11. The van der Waals surface area contributed by atoms with Crippen LogP contribution in [0.25, 0.3) is 21.9 Å². The van der Waals surface area contributed by atoms with Crippen LogP contribution in [0.5, 0.6) is 0 Å². The maximum atomic E-state index is 13.6. The van der Waals surface area contributed by atoms with Crippen LogP contribution in [0.3, 0.4) is 0 Å². The fourth-order valence-corrected chi connectivity index (χ4v) is 4.80. The number of para-hydroxylation sites is 2. The molecule has 0 amide bonds. The molecule has 0 spiro atoms. The number of halogens is 3. The predicted molar refractivity (Wildman–Crippen MR) is 115 cm³/mol. The highest BCUT2D eigenvalue weighted by atomic mass is 19.4. The van der Waals surface area contributed by atoms with Gasteiger partial charge >= 0.3 is 6.18 Å². The summed E-state index contributed by atoms with van der Waals surface area (Å²) < 4.78 is 43.7. The largest absolute Gasteiger partial charge is 0.449 e. The highest BCUT2D eigenvalue weighted by Gasteiger charge is 2.38. The Morgan fingerprint density at radius 2 is 1.81 bits per heavy atom. The van der Waals surface area contributed by atoms with E-state index in [1.165, 1.54) is 6.07 Å². The van der Waals surface area contributed by atoms with Gasteiger partial charge in [-0.3, -0.25) is 4.79 Å². The van der Waals surface area contributed by atoms with Crippen LogP contribution in [0.2, 0.25) is 0 Å². The number of aliphatic hydroxyl groups excluding tert-OH is 1. The number of rotatable bonds is 4. The standard InChI is InChI=1S/C24H22F3N3O2/c1-14-9-10-19-17(11-14)16-5-4-8-21(32)22(16)29(19)12-15(31)13-30-20-7-3-2-6-18(20)28-23(30)24(25,26)27/h2-3,6-7,9-11,15,31H,4-5,8,12-13H2,1H3/t15-/m1/s1. The van der Waals surface area contributed by atoms with Gasteiger partial charge in [0.25, 0.3) is 0 Å². The zero-order valence-electron chi connectivity index (χ0n) is 17.5. The number of aromatic nitrogens is 3. The van der Waals surface area contributed by atoms with Gasteiger partial charge in [-0.2, -0.15) is 13.2 Å². The number of alkyl halides is 3. The normalized spacial score (nSPS) is 15.5. The first-order chi connectivity index (χ1) is 15.2. The van der Waals surface area contributed by atoms with E-state index in [9.17, 15) is 23.1 Å². The Hall–Kier alpha value is -3.13. The van der Waals surface area contributed by atoms with Crippen molar-refractivity contribution in [3.63, 3.8) is 0 Å². The van der Waals surface area contributed by atoms with Gasteiger partial charge in [-0.05, 0) is 49.6 Å². The molecule has 5 rings (SSSR count). The number of hydrogen-bond acceptors (Lipinski definition) is 3. The van der Waals surface area contributed by atoms with Gasteiger partial charge in [-0.25, -0.2) is 4.98 Å². The number of carbonyl (C=O) groups excluding carboxylic acids is 1. The minimum Gasteiger partial charge on any atom is -0.389 e. The minimum absolute atomic E-state index is 0.0105. The molecule has 0 saturated carbocycles. The van der Waals surface area contributed by atoms with Crippen molar-refractivity contribution >= 4 is 27.7 Å². The summed E-state index contributed by atoms with van der Waals surface area (Å²) in [6.45, 7) is 1.71. The van der Waals surface area contributed by atoms with Gasteiger partial charge in [0, 0.05) is 17.3 Å². The number of aryl methyl sites for hydroxylation is 2. The lowest BCUT2D eigenvalue weighted by atomic mass is 9.94. The molecule has 1 aliphatic rings. The summed E-state index contributed by atoms with van der Waals surface area (Å²) >= 11 is 0. The van der Waals surface area contributed by atoms with Crippen molar-refractivity contribution in [3.8, 4) is 0 Å². The Kier molecular flexibility index (Phi) is 4.85. The summed E-state index contributed by atoms with van der Waals surface area (Å²) in [6, 6.07) is 12.2. The Morgan fingerprint density at radius 3 is 2.59 bits per heavy atom.